The zero-order valence-electron chi connectivity index (χ0n) is 11.4. The van der Waals surface area contributed by atoms with Crippen molar-refractivity contribution in [1.82, 2.24) is 0 Å². The molecule has 0 saturated heterocycles. The lowest BCUT2D eigenvalue weighted by Gasteiger charge is -2.08. The van der Waals surface area contributed by atoms with E-state index in [9.17, 15) is 4.79 Å². The van der Waals surface area contributed by atoms with Crippen LogP contribution in [0.3, 0.4) is 0 Å². The van der Waals surface area contributed by atoms with Crippen molar-refractivity contribution in [2.45, 2.75) is 27.7 Å². The van der Waals surface area contributed by atoms with Crippen molar-refractivity contribution in [3.8, 4) is 0 Å². The lowest BCUT2D eigenvalue weighted by molar-refractivity contribution is 0.102. The maximum Gasteiger partial charge on any atom is 0.259 e. The van der Waals surface area contributed by atoms with Crippen molar-refractivity contribution in [2.75, 3.05) is 5.32 Å². The molecule has 1 heterocycles. The number of anilines is 1. The van der Waals surface area contributed by atoms with Gasteiger partial charge in [-0.3, -0.25) is 4.79 Å². The van der Waals surface area contributed by atoms with Crippen molar-refractivity contribution < 1.29 is 9.21 Å². The maximum atomic E-state index is 12.3. The highest BCUT2D eigenvalue weighted by Crippen LogP contribution is 2.24. The zero-order chi connectivity index (χ0) is 14.2. The van der Waals surface area contributed by atoms with Crippen LogP contribution in [0.1, 0.15) is 33.0 Å². The molecule has 0 saturated carbocycles. The van der Waals surface area contributed by atoms with E-state index in [2.05, 4.69) is 21.2 Å². The Bertz CT molecular complexity index is 644. The minimum absolute atomic E-state index is 0.128. The number of halogens is 1. The van der Waals surface area contributed by atoms with Crippen LogP contribution in [0.5, 0.6) is 0 Å². The van der Waals surface area contributed by atoms with Crippen molar-refractivity contribution in [2.24, 2.45) is 0 Å². The van der Waals surface area contributed by atoms with Gasteiger partial charge in [-0.15, -0.1) is 0 Å². The van der Waals surface area contributed by atoms with Crippen molar-refractivity contribution >= 4 is 27.5 Å². The Kier molecular flexibility index (Phi) is 3.80. The maximum absolute atomic E-state index is 12.3. The quantitative estimate of drug-likeness (QED) is 0.883. The fourth-order valence-corrected chi connectivity index (χ4v) is 2.56. The first kappa shape index (κ1) is 13.9. The summed E-state index contributed by atoms with van der Waals surface area (Å²) < 4.78 is 6.48. The molecule has 1 aromatic carbocycles. The summed E-state index contributed by atoms with van der Waals surface area (Å²) in [6, 6.07) is 5.76. The van der Waals surface area contributed by atoms with Gasteiger partial charge in [0.2, 0.25) is 0 Å². The highest BCUT2D eigenvalue weighted by Gasteiger charge is 2.18. The fourth-order valence-electron chi connectivity index (χ4n) is 2.08. The molecule has 1 amide bonds. The smallest absolute Gasteiger partial charge is 0.259 e. The second-order valence-electron chi connectivity index (χ2n) is 4.63. The molecule has 1 N–H and O–H groups in total. The Labute approximate surface area is 121 Å². The van der Waals surface area contributed by atoms with Gasteiger partial charge >= 0.3 is 0 Å². The molecule has 4 heteroatoms. The summed E-state index contributed by atoms with van der Waals surface area (Å²) in [4.78, 5) is 12.3. The Morgan fingerprint density at radius 1 is 1.16 bits per heavy atom. The second kappa shape index (κ2) is 5.21. The number of carbonyl (C=O) groups is 1. The molecule has 2 rings (SSSR count). The van der Waals surface area contributed by atoms with Gasteiger partial charge in [0.05, 0.1) is 5.56 Å². The lowest BCUT2D eigenvalue weighted by atomic mass is 10.1. The van der Waals surface area contributed by atoms with Gasteiger partial charge in [0.15, 0.2) is 0 Å². The number of nitrogens with one attached hydrogen (secondary N) is 1. The molecule has 0 aliphatic carbocycles. The van der Waals surface area contributed by atoms with E-state index in [0.717, 1.165) is 27.0 Å². The molecule has 3 nitrogen and oxygen atoms in total. The number of furan rings is 1. The van der Waals surface area contributed by atoms with E-state index in [-0.39, 0.29) is 5.91 Å². The highest BCUT2D eigenvalue weighted by molar-refractivity contribution is 9.10. The zero-order valence-corrected chi connectivity index (χ0v) is 13.0. The van der Waals surface area contributed by atoms with Crippen molar-refractivity contribution in [1.29, 1.82) is 0 Å². The standard InChI is InChI=1S/C15H16BrNO2/c1-8-7-12(16)5-6-13(8)17-15(18)14-9(2)10(3)19-11(14)4/h5-7H,1-4H3,(H,17,18). The number of hydrogen-bond donors (Lipinski definition) is 1. The van der Waals surface area contributed by atoms with Crippen LogP contribution in [0.2, 0.25) is 0 Å². The number of rotatable bonds is 2. The summed E-state index contributed by atoms with van der Waals surface area (Å²) in [6.45, 7) is 7.53. The van der Waals surface area contributed by atoms with Gasteiger partial charge in [-0.1, -0.05) is 15.9 Å². The molecule has 0 aliphatic heterocycles. The van der Waals surface area contributed by atoms with E-state index < -0.39 is 0 Å². The van der Waals surface area contributed by atoms with Gasteiger partial charge in [0.1, 0.15) is 11.5 Å². The van der Waals surface area contributed by atoms with Crippen LogP contribution >= 0.6 is 15.9 Å². The molecule has 0 spiro atoms. The van der Waals surface area contributed by atoms with Gasteiger partial charge < -0.3 is 9.73 Å². The number of hydrogen-bond acceptors (Lipinski definition) is 2. The first-order valence-corrected chi connectivity index (χ1v) is 6.83. The Hall–Kier alpha value is -1.55. The SMILES string of the molecule is Cc1cc(Br)ccc1NC(=O)c1c(C)oc(C)c1C. The van der Waals surface area contributed by atoms with E-state index in [1.54, 1.807) is 0 Å². The molecular weight excluding hydrogens is 306 g/mol. The minimum Gasteiger partial charge on any atom is -0.466 e. The number of benzene rings is 1. The number of aryl methyl sites for hydroxylation is 3. The third-order valence-corrected chi connectivity index (χ3v) is 3.72. The molecular formula is C15H16BrNO2. The van der Waals surface area contributed by atoms with Crippen LogP contribution in [-0.4, -0.2) is 5.91 Å². The average molecular weight is 322 g/mol. The van der Waals surface area contributed by atoms with Gasteiger partial charge in [0, 0.05) is 15.7 Å². The first-order valence-electron chi connectivity index (χ1n) is 6.04. The summed E-state index contributed by atoms with van der Waals surface area (Å²) in [5.74, 6) is 1.31. The molecule has 0 bridgehead atoms. The third-order valence-electron chi connectivity index (χ3n) is 3.23. The predicted octanol–water partition coefficient (Wildman–Crippen LogP) is 4.53. The first-order chi connectivity index (χ1) is 8.90. The van der Waals surface area contributed by atoms with Crippen LogP contribution in [0.4, 0.5) is 5.69 Å². The Balaban J connectivity index is 2.31. The normalized spacial score (nSPS) is 10.6. The Morgan fingerprint density at radius 2 is 1.84 bits per heavy atom. The van der Waals surface area contributed by atoms with Gasteiger partial charge in [-0.25, -0.2) is 0 Å². The molecule has 2 aromatic rings. The number of amides is 1. The minimum atomic E-state index is -0.128. The van der Waals surface area contributed by atoms with Gasteiger partial charge in [-0.2, -0.15) is 0 Å². The lowest BCUT2D eigenvalue weighted by Crippen LogP contribution is -2.14. The molecule has 19 heavy (non-hydrogen) atoms. The average Bonchev–Trinajstić information content (AvgIpc) is 2.57. The summed E-state index contributed by atoms with van der Waals surface area (Å²) in [5, 5.41) is 2.93. The molecule has 1 aromatic heterocycles. The summed E-state index contributed by atoms with van der Waals surface area (Å²) in [6.07, 6.45) is 0. The van der Waals surface area contributed by atoms with Crippen LogP contribution in [0.25, 0.3) is 0 Å². The van der Waals surface area contributed by atoms with E-state index >= 15 is 0 Å². The fraction of sp³-hybridized carbons (Fsp3) is 0.267. The Morgan fingerprint density at radius 3 is 2.37 bits per heavy atom. The number of carbonyl (C=O) groups excluding carboxylic acids is 1. The second-order valence-corrected chi connectivity index (χ2v) is 5.54. The van der Waals surface area contributed by atoms with E-state index in [1.165, 1.54) is 0 Å². The highest BCUT2D eigenvalue weighted by atomic mass is 79.9. The van der Waals surface area contributed by atoms with Gasteiger partial charge in [-0.05, 0) is 51.5 Å². The van der Waals surface area contributed by atoms with E-state index in [1.807, 2.05) is 45.9 Å². The summed E-state index contributed by atoms with van der Waals surface area (Å²) >= 11 is 3.41. The van der Waals surface area contributed by atoms with Gasteiger partial charge in [0.25, 0.3) is 5.91 Å². The molecule has 0 radical (unpaired) electrons. The summed E-state index contributed by atoms with van der Waals surface area (Å²) in [7, 11) is 0. The molecule has 0 fully saturated rings. The molecule has 100 valence electrons. The molecule has 0 atom stereocenters. The molecule has 0 unspecified atom stereocenters. The van der Waals surface area contributed by atoms with Crippen LogP contribution in [0.15, 0.2) is 27.1 Å². The van der Waals surface area contributed by atoms with Crippen molar-refractivity contribution in [3.05, 3.63) is 50.9 Å². The van der Waals surface area contributed by atoms with Crippen LogP contribution in [-0.2, 0) is 0 Å². The topological polar surface area (TPSA) is 42.2 Å². The summed E-state index contributed by atoms with van der Waals surface area (Å²) in [5.41, 5.74) is 3.34. The monoisotopic (exact) mass is 321 g/mol. The van der Waals surface area contributed by atoms with E-state index in [4.69, 9.17) is 4.42 Å². The predicted molar refractivity (Wildman–Crippen MR) is 79.8 cm³/mol. The third kappa shape index (κ3) is 2.73. The molecule has 0 aliphatic rings. The van der Waals surface area contributed by atoms with E-state index in [0.29, 0.717) is 11.3 Å². The van der Waals surface area contributed by atoms with Crippen LogP contribution < -0.4 is 5.32 Å². The van der Waals surface area contributed by atoms with Crippen molar-refractivity contribution in [3.63, 3.8) is 0 Å². The van der Waals surface area contributed by atoms with Crippen LogP contribution in [0, 0.1) is 27.7 Å². The largest absolute Gasteiger partial charge is 0.466 e.